The Labute approximate surface area is 110 Å². The molecule has 0 bridgehead atoms. The van der Waals surface area contributed by atoms with Crippen LogP contribution in [-0.2, 0) is 4.74 Å². The SMILES string of the molecule is CC.CC(C)CN(C)C.COC1CCCCC1. The Morgan fingerprint density at radius 2 is 1.53 bits per heavy atom. The van der Waals surface area contributed by atoms with Gasteiger partial charge < -0.3 is 9.64 Å². The predicted molar refractivity (Wildman–Crippen MR) is 78.6 cm³/mol. The van der Waals surface area contributed by atoms with Crippen molar-refractivity contribution in [1.29, 1.82) is 0 Å². The van der Waals surface area contributed by atoms with Crippen LogP contribution in [0.4, 0.5) is 0 Å². The maximum absolute atomic E-state index is 5.19. The Balaban J connectivity index is 0. The summed E-state index contributed by atoms with van der Waals surface area (Å²) in [5, 5.41) is 0. The number of ether oxygens (including phenoxy) is 1. The van der Waals surface area contributed by atoms with Crippen LogP contribution in [0, 0.1) is 5.92 Å². The lowest BCUT2D eigenvalue weighted by atomic mass is 9.98. The van der Waals surface area contributed by atoms with Gasteiger partial charge in [0.2, 0.25) is 0 Å². The first-order valence-electron chi connectivity index (χ1n) is 7.23. The summed E-state index contributed by atoms with van der Waals surface area (Å²) in [6.45, 7) is 9.64. The molecule has 0 aromatic heterocycles. The molecule has 0 aromatic rings. The van der Waals surface area contributed by atoms with Crippen LogP contribution in [0.5, 0.6) is 0 Å². The number of hydrogen-bond acceptors (Lipinski definition) is 2. The van der Waals surface area contributed by atoms with Crippen molar-refractivity contribution in [1.82, 2.24) is 4.90 Å². The monoisotopic (exact) mass is 245 g/mol. The second-order valence-electron chi connectivity index (χ2n) is 5.15. The Morgan fingerprint density at radius 1 is 1.06 bits per heavy atom. The smallest absolute Gasteiger partial charge is 0.0571 e. The topological polar surface area (TPSA) is 12.5 Å². The standard InChI is InChI=1S/C7H14O.C6H15N.C2H6/c1-8-7-5-3-2-4-6-7;1-6(2)5-7(3)4;1-2/h7H,2-6H2,1H3;6H,5H2,1-4H3;1-2H3. The van der Waals surface area contributed by atoms with E-state index in [0.29, 0.717) is 6.10 Å². The normalized spacial score (nSPS) is 16.1. The van der Waals surface area contributed by atoms with Crippen LogP contribution in [0.25, 0.3) is 0 Å². The molecule has 0 unspecified atom stereocenters. The summed E-state index contributed by atoms with van der Waals surface area (Å²) in [4.78, 5) is 2.20. The van der Waals surface area contributed by atoms with E-state index < -0.39 is 0 Å². The van der Waals surface area contributed by atoms with Gasteiger partial charge >= 0.3 is 0 Å². The van der Waals surface area contributed by atoms with Crippen LogP contribution in [0.3, 0.4) is 0 Å². The van der Waals surface area contributed by atoms with E-state index in [-0.39, 0.29) is 0 Å². The van der Waals surface area contributed by atoms with Crippen LogP contribution in [0.1, 0.15) is 59.8 Å². The van der Waals surface area contributed by atoms with E-state index in [9.17, 15) is 0 Å². The highest BCUT2D eigenvalue weighted by molar-refractivity contribution is 4.63. The number of methoxy groups -OCH3 is 1. The van der Waals surface area contributed by atoms with Crippen molar-refractivity contribution in [3.63, 3.8) is 0 Å². The first-order chi connectivity index (χ1) is 8.06. The predicted octanol–water partition coefficient (Wildman–Crippen LogP) is 4.20. The maximum Gasteiger partial charge on any atom is 0.0571 e. The molecular formula is C15H35NO. The van der Waals surface area contributed by atoms with Crippen LogP contribution in [0.2, 0.25) is 0 Å². The average molecular weight is 245 g/mol. The van der Waals surface area contributed by atoms with Gasteiger partial charge in [0.1, 0.15) is 0 Å². The molecule has 2 nitrogen and oxygen atoms in total. The minimum Gasteiger partial charge on any atom is -0.381 e. The maximum atomic E-state index is 5.19. The second-order valence-corrected chi connectivity index (χ2v) is 5.15. The van der Waals surface area contributed by atoms with Gasteiger partial charge in [0.25, 0.3) is 0 Å². The summed E-state index contributed by atoms with van der Waals surface area (Å²) in [5.74, 6) is 0.801. The van der Waals surface area contributed by atoms with Crippen LogP contribution in [0.15, 0.2) is 0 Å². The van der Waals surface area contributed by atoms with Crippen molar-refractivity contribution in [3.8, 4) is 0 Å². The molecule has 0 atom stereocenters. The van der Waals surface area contributed by atoms with Gasteiger partial charge in [-0.05, 0) is 39.4 Å². The molecule has 0 radical (unpaired) electrons. The zero-order chi connectivity index (χ0) is 13.7. The Hall–Kier alpha value is -0.0800. The minimum atomic E-state index is 0.587. The van der Waals surface area contributed by atoms with Gasteiger partial charge in [0.05, 0.1) is 6.10 Å². The summed E-state index contributed by atoms with van der Waals surface area (Å²) < 4.78 is 5.19. The van der Waals surface area contributed by atoms with Gasteiger partial charge in [-0.15, -0.1) is 0 Å². The van der Waals surface area contributed by atoms with Crippen molar-refractivity contribution in [2.45, 2.75) is 65.9 Å². The molecule has 1 saturated carbocycles. The van der Waals surface area contributed by atoms with Crippen LogP contribution < -0.4 is 0 Å². The lowest BCUT2D eigenvalue weighted by Gasteiger charge is -2.19. The highest BCUT2D eigenvalue weighted by atomic mass is 16.5. The molecule has 1 aliphatic carbocycles. The fraction of sp³-hybridized carbons (Fsp3) is 1.00. The molecule has 0 spiro atoms. The van der Waals surface area contributed by atoms with E-state index in [4.69, 9.17) is 4.74 Å². The third kappa shape index (κ3) is 15.9. The van der Waals surface area contributed by atoms with E-state index >= 15 is 0 Å². The molecule has 1 fully saturated rings. The zero-order valence-corrected chi connectivity index (χ0v) is 13.3. The van der Waals surface area contributed by atoms with E-state index in [1.54, 1.807) is 0 Å². The molecular weight excluding hydrogens is 210 g/mol. The third-order valence-electron chi connectivity index (χ3n) is 2.62. The summed E-state index contributed by atoms with van der Waals surface area (Å²) in [6.07, 6.45) is 7.33. The molecule has 0 heterocycles. The van der Waals surface area contributed by atoms with Crippen molar-refractivity contribution in [3.05, 3.63) is 0 Å². The molecule has 0 aliphatic heterocycles. The molecule has 0 aromatic carbocycles. The fourth-order valence-corrected chi connectivity index (χ4v) is 2.03. The molecule has 17 heavy (non-hydrogen) atoms. The molecule has 0 N–H and O–H groups in total. The largest absolute Gasteiger partial charge is 0.381 e. The van der Waals surface area contributed by atoms with E-state index in [2.05, 4.69) is 32.8 Å². The molecule has 106 valence electrons. The lowest BCUT2D eigenvalue weighted by Crippen LogP contribution is -2.17. The van der Waals surface area contributed by atoms with Crippen molar-refractivity contribution >= 4 is 0 Å². The zero-order valence-electron chi connectivity index (χ0n) is 13.3. The summed E-state index contributed by atoms with van der Waals surface area (Å²) in [6, 6.07) is 0. The van der Waals surface area contributed by atoms with Crippen molar-refractivity contribution in [2.75, 3.05) is 27.7 Å². The number of nitrogens with zero attached hydrogens (tertiary/aromatic N) is 1. The van der Waals surface area contributed by atoms with Crippen LogP contribution in [-0.4, -0.2) is 38.8 Å². The average Bonchev–Trinajstić information content (AvgIpc) is 2.32. The molecule has 0 saturated heterocycles. The van der Waals surface area contributed by atoms with Crippen molar-refractivity contribution < 1.29 is 4.74 Å². The second kappa shape index (κ2) is 14.0. The van der Waals surface area contributed by atoms with E-state index in [0.717, 1.165) is 5.92 Å². The highest BCUT2D eigenvalue weighted by Gasteiger charge is 2.10. The molecule has 1 aliphatic rings. The first-order valence-corrected chi connectivity index (χ1v) is 7.23. The quantitative estimate of drug-likeness (QED) is 0.739. The molecule has 2 heteroatoms. The van der Waals surface area contributed by atoms with Crippen LogP contribution >= 0.6 is 0 Å². The van der Waals surface area contributed by atoms with Gasteiger partial charge in [-0.25, -0.2) is 0 Å². The third-order valence-corrected chi connectivity index (χ3v) is 2.62. The van der Waals surface area contributed by atoms with Gasteiger partial charge in [0, 0.05) is 7.11 Å². The highest BCUT2D eigenvalue weighted by Crippen LogP contribution is 2.18. The van der Waals surface area contributed by atoms with Crippen molar-refractivity contribution in [2.24, 2.45) is 5.92 Å². The van der Waals surface area contributed by atoms with E-state index in [1.807, 2.05) is 21.0 Å². The Bertz CT molecular complexity index is 123. The van der Waals surface area contributed by atoms with Gasteiger partial charge in [-0.2, -0.15) is 0 Å². The number of hydrogen-bond donors (Lipinski definition) is 0. The van der Waals surface area contributed by atoms with E-state index in [1.165, 1.54) is 38.6 Å². The van der Waals surface area contributed by atoms with Gasteiger partial charge in [-0.1, -0.05) is 47.0 Å². The first kappa shape index (κ1) is 19.3. The molecule has 0 amide bonds. The minimum absolute atomic E-state index is 0.587. The summed E-state index contributed by atoms with van der Waals surface area (Å²) >= 11 is 0. The Kier molecular flexibility index (Phi) is 15.8. The summed E-state index contributed by atoms with van der Waals surface area (Å²) in [5.41, 5.74) is 0. The van der Waals surface area contributed by atoms with Gasteiger partial charge in [-0.3, -0.25) is 0 Å². The Morgan fingerprint density at radius 3 is 1.71 bits per heavy atom. The van der Waals surface area contributed by atoms with Gasteiger partial charge in [0.15, 0.2) is 0 Å². The fourth-order valence-electron chi connectivity index (χ4n) is 2.03. The molecule has 1 rings (SSSR count). The summed E-state index contributed by atoms with van der Waals surface area (Å²) in [7, 11) is 6.01. The lowest BCUT2D eigenvalue weighted by molar-refractivity contribution is 0.0710. The number of rotatable bonds is 3.